The van der Waals surface area contributed by atoms with Gasteiger partial charge in [0.05, 0.1) is 23.3 Å². The van der Waals surface area contributed by atoms with Crippen molar-refractivity contribution in [3.63, 3.8) is 0 Å². The number of aromatic nitrogens is 2. The standard InChI is InChI=1S/C13H16N4O2/c1-9(7-17-6-5-15-8-17)16-12-10(13(18)19)3-2-4-11(12)14/h2-6,8-9,16H,7,14H2,1H3,(H,18,19). The van der Waals surface area contributed by atoms with Gasteiger partial charge in [-0.1, -0.05) is 6.07 Å². The van der Waals surface area contributed by atoms with Crippen LogP contribution in [0.2, 0.25) is 0 Å². The highest BCUT2D eigenvalue weighted by atomic mass is 16.4. The number of nitrogens with zero attached hydrogens (tertiary/aromatic N) is 2. The Balaban J connectivity index is 2.16. The van der Waals surface area contributed by atoms with Gasteiger partial charge in [0.2, 0.25) is 0 Å². The average molecular weight is 260 g/mol. The average Bonchev–Trinajstić information content (AvgIpc) is 2.84. The van der Waals surface area contributed by atoms with Crippen LogP contribution in [0, 0.1) is 0 Å². The lowest BCUT2D eigenvalue weighted by molar-refractivity contribution is 0.0698. The van der Waals surface area contributed by atoms with Crippen molar-refractivity contribution in [3.8, 4) is 0 Å². The Bertz CT molecular complexity index is 566. The van der Waals surface area contributed by atoms with Crippen molar-refractivity contribution < 1.29 is 9.90 Å². The third-order valence-corrected chi connectivity index (χ3v) is 2.76. The van der Waals surface area contributed by atoms with Gasteiger partial charge < -0.3 is 20.7 Å². The van der Waals surface area contributed by atoms with Crippen LogP contribution in [-0.4, -0.2) is 26.7 Å². The third kappa shape index (κ3) is 3.04. The maximum atomic E-state index is 11.2. The number of benzene rings is 1. The van der Waals surface area contributed by atoms with E-state index in [1.807, 2.05) is 17.7 Å². The molecule has 0 amide bonds. The number of para-hydroxylation sites is 1. The van der Waals surface area contributed by atoms with Gasteiger partial charge >= 0.3 is 5.97 Å². The van der Waals surface area contributed by atoms with Crippen LogP contribution in [0.25, 0.3) is 0 Å². The number of imidazole rings is 1. The Hall–Kier alpha value is -2.50. The Labute approximate surface area is 110 Å². The molecule has 2 aromatic rings. The van der Waals surface area contributed by atoms with E-state index in [4.69, 9.17) is 10.8 Å². The summed E-state index contributed by atoms with van der Waals surface area (Å²) in [6.07, 6.45) is 5.27. The molecule has 1 aromatic heterocycles. The lowest BCUT2D eigenvalue weighted by Crippen LogP contribution is -2.23. The van der Waals surface area contributed by atoms with E-state index >= 15 is 0 Å². The van der Waals surface area contributed by atoms with E-state index < -0.39 is 5.97 Å². The first-order valence-corrected chi connectivity index (χ1v) is 5.92. The molecule has 0 fully saturated rings. The van der Waals surface area contributed by atoms with Crippen molar-refractivity contribution in [3.05, 3.63) is 42.5 Å². The van der Waals surface area contributed by atoms with Crippen LogP contribution in [0.3, 0.4) is 0 Å². The lowest BCUT2D eigenvalue weighted by Gasteiger charge is -2.18. The maximum Gasteiger partial charge on any atom is 0.337 e. The van der Waals surface area contributed by atoms with Gasteiger partial charge in [0.15, 0.2) is 0 Å². The van der Waals surface area contributed by atoms with Gasteiger partial charge in [-0.25, -0.2) is 9.78 Å². The molecule has 100 valence electrons. The van der Waals surface area contributed by atoms with Crippen LogP contribution in [0.1, 0.15) is 17.3 Å². The molecule has 1 unspecified atom stereocenters. The van der Waals surface area contributed by atoms with Crippen LogP contribution >= 0.6 is 0 Å². The Morgan fingerprint density at radius 3 is 3.00 bits per heavy atom. The minimum atomic E-state index is -0.996. The fourth-order valence-electron chi connectivity index (χ4n) is 1.91. The first-order valence-electron chi connectivity index (χ1n) is 5.92. The molecule has 0 spiro atoms. The highest BCUT2D eigenvalue weighted by Crippen LogP contribution is 2.24. The molecule has 2 rings (SSSR count). The number of rotatable bonds is 5. The van der Waals surface area contributed by atoms with Crippen molar-refractivity contribution >= 4 is 17.3 Å². The van der Waals surface area contributed by atoms with Gasteiger partial charge in [-0.05, 0) is 19.1 Å². The Kier molecular flexibility index (Phi) is 3.70. The summed E-state index contributed by atoms with van der Waals surface area (Å²) in [6, 6.07) is 4.87. The number of aromatic carboxylic acids is 1. The predicted molar refractivity (Wildman–Crippen MR) is 73.1 cm³/mol. The molecule has 0 aliphatic rings. The van der Waals surface area contributed by atoms with Crippen molar-refractivity contribution in [1.82, 2.24) is 9.55 Å². The number of hydrogen-bond acceptors (Lipinski definition) is 4. The van der Waals surface area contributed by atoms with Gasteiger partial charge in [-0.2, -0.15) is 0 Å². The fourth-order valence-corrected chi connectivity index (χ4v) is 1.91. The lowest BCUT2D eigenvalue weighted by atomic mass is 10.1. The number of nitrogens with one attached hydrogen (secondary N) is 1. The molecule has 0 saturated heterocycles. The highest BCUT2D eigenvalue weighted by molar-refractivity contribution is 5.97. The van der Waals surface area contributed by atoms with E-state index in [0.717, 1.165) is 0 Å². The molecule has 4 N–H and O–H groups in total. The molecule has 1 heterocycles. The predicted octanol–water partition coefficient (Wildman–Crippen LogP) is 1.66. The monoisotopic (exact) mass is 260 g/mol. The first kappa shape index (κ1) is 12.9. The topological polar surface area (TPSA) is 93.2 Å². The number of nitrogen functional groups attached to an aromatic ring is 1. The van der Waals surface area contributed by atoms with Crippen LogP contribution in [0.4, 0.5) is 11.4 Å². The van der Waals surface area contributed by atoms with Gasteiger partial charge in [-0.15, -0.1) is 0 Å². The molecular weight excluding hydrogens is 244 g/mol. The van der Waals surface area contributed by atoms with Crippen LogP contribution in [-0.2, 0) is 6.54 Å². The van der Waals surface area contributed by atoms with E-state index in [1.54, 1.807) is 24.7 Å². The maximum absolute atomic E-state index is 11.2. The number of carboxylic acids is 1. The largest absolute Gasteiger partial charge is 0.478 e. The molecular formula is C13H16N4O2. The summed E-state index contributed by atoms with van der Waals surface area (Å²) >= 11 is 0. The molecule has 0 saturated carbocycles. The molecule has 1 atom stereocenters. The summed E-state index contributed by atoms with van der Waals surface area (Å²) in [5, 5.41) is 12.3. The molecule has 0 aliphatic heterocycles. The summed E-state index contributed by atoms with van der Waals surface area (Å²) in [5.41, 5.74) is 6.90. The summed E-state index contributed by atoms with van der Waals surface area (Å²) in [5.74, 6) is -0.996. The summed E-state index contributed by atoms with van der Waals surface area (Å²) in [4.78, 5) is 15.1. The SMILES string of the molecule is CC(Cn1ccnc1)Nc1c(N)cccc1C(=O)O. The molecule has 1 aromatic carbocycles. The van der Waals surface area contributed by atoms with Gasteiger partial charge in [0, 0.05) is 25.0 Å². The van der Waals surface area contributed by atoms with Crippen molar-refractivity contribution in [1.29, 1.82) is 0 Å². The van der Waals surface area contributed by atoms with Gasteiger partial charge in [0.1, 0.15) is 0 Å². The van der Waals surface area contributed by atoms with E-state index in [9.17, 15) is 4.79 Å². The number of carboxylic acid groups (broad SMARTS) is 1. The van der Waals surface area contributed by atoms with Gasteiger partial charge in [-0.3, -0.25) is 0 Å². The molecule has 0 aliphatic carbocycles. The zero-order valence-corrected chi connectivity index (χ0v) is 10.6. The quantitative estimate of drug-likeness (QED) is 0.711. The zero-order valence-electron chi connectivity index (χ0n) is 10.6. The smallest absolute Gasteiger partial charge is 0.337 e. The number of carbonyl (C=O) groups is 1. The molecule has 0 radical (unpaired) electrons. The summed E-state index contributed by atoms with van der Waals surface area (Å²) < 4.78 is 1.91. The van der Waals surface area contributed by atoms with Crippen LogP contribution in [0.5, 0.6) is 0 Å². The minimum Gasteiger partial charge on any atom is -0.478 e. The first-order chi connectivity index (χ1) is 9.08. The van der Waals surface area contributed by atoms with Crippen LogP contribution in [0.15, 0.2) is 36.9 Å². The van der Waals surface area contributed by atoms with Crippen molar-refractivity contribution in [2.24, 2.45) is 0 Å². The Morgan fingerprint density at radius 1 is 1.58 bits per heavy atom. The molecule has 0 bridgehead atoms. The van der Waals surface area contributed by atoms with Crippen molar-refractivity contribution in [2.75, 3.05) is 11.1 Å². The second-order valence-corrected chi connectivity index (χ2v) is 4.38. The van der Waals surface area contributed by atoms with E-state index in [2.05, 4.69) is 10.3 Å². The minimum absolute atomic E-state index is 0.0250. The summed E-state index contributed by atoms with van der Waals surface area (Å²) in [6.45, 7) is 2.63. The third-order valence-electron chi connectivity index (χ3n) is 2.76. The van der Waals surface area contributed by atoms with Crippen molar-refractivity contribution in [2.45, 2.75) is 19.5 Å². The number of nitrogens with two attached hydrogens (primary N) is 1. The fraction of sp³-hybridized carbons (Fsp3) is 0.231. The normalized spacial score (nSPS) is 12.1. The highest BCUT2D eigenvalue weighted by Gasteiger charge is 2.14. The zero-order chi connectivity index (χ0) is 13.8. The van der Waals surface area contributed by atoms with E-state index in [-0.39, 0.29) is 11.6 Å². The second kappa shape index (κ2) is 5.43. The second-order valence-electron chi connectivity index (χ2n) is 4.38. The number of hydrogen-bond donors (Lipinski definition) is 3. The van der Waals surface area contributed by atoms with Crippen LogP contribution < -0.4 is 11.1 Å². The Morgan fingerprint density at radius 2 is 2.37 bits per heavy atom. The van der Waals surface area contributed by atoms with Gasteiger partial charge in [0.25, 0.3) is 0 Å². The molecule has 19 heavy (non-hydrogen) atoms. The van der Waals surface area contributed by atoms with E-state index in [0.29, 0.717) is 17.9 Å². The molecule has 6 heteroatoms. The van der Waals surface area contributed by atoms with E-state index in [1.165, 1.54) is 6.07 Å². The molecule has 6 nitrogen and oxygen atoms in total. The summed E-state index contributed by atoms with van der Waals surface area (Å²) in [7, 11) is 0. The number of anilines is 2.